The maximum atomic E-state index is 12.8. The number of ether oxygens (including phenoxy) is 3. The third-order valence-corrected chi connectivity index (χ3v) is 10.5. The number of amides is 1. The van der Waals surface area contributed by atoms with Gasteiger partial charge in [0.25, 0.3) is 0 Å². The molecule has 178 valence electrons. The number of carbonyl (C=O) groups excluding carboxylic acids is 2. The average molecular weight is 475 g/mol. The maximum absolute atomic E-state index is 12.8. The number of aromatic nitrogens is 1. The Morgan fingerprint density at radius 1 is 1.16 bits per heavy atom. The fourth-order valence-electron chi connectivity index (χ4n) is 2.23. The van der Waals surface area contributed by atoms with E-state index in [-0.39, 0.29) is 16.8 Å². The van der Waals surface area contributed by atoms with E-state index in [9.17, 15) is 9.59 Å². The molecule has 0 aromatic carbocycles. The summed E-state index contributed by atoms with van der Waals surface area (Å²) in [4.78, 5) is 30.3. The molecule has 1 heterocycles. The third-order valence-electron chi connectivity index (χ3n) is 5.18. The Morgan fingerprint density at radius 2 is 1.77 bits per heavy atom. The van der Waals surface area contributed by atoms with Crippen LogP contribution >= 0.6 is 11.3 Å². The van der Waals surface area contributed by atoms with Crippen molar-refractivity contribution in [1.82, 2.24) is 4.98 Å². The minimum absolute atomic E-state index is 0.0962. The van der Waals surface area contributed by atoms with Crippen LogP contribution in [0.2, 0.25) is 18.1 Å². The monoisotopic (exact) mass is 474 g/mol. The second kappa shape index (κ2) is 10.9. The number of thiazole rings is 1. The molecule has 0 aliphatic rings. The molecule has 0 saturated heterocycles. The highest BCUT2D eigenvalue weighted by molar-refractivity contribution is 7.14. The number of carbonyl (C=O) groups is 2. The molecule has 0 N–H and O–H groups in total. The first-order chi connectivity index (χ1) is 14.1. The molecule has 1 aromatic rings. The zero-order valence-electron chi connectivity index (χ0n) is 20.5. The van der Waals surface area contributed by atoms with Crippen LogP contribution in [0, 0.1) is 0 Å². The smallest absolute Gasteiger partial charge is 0.416 e. The van der Waals surface area contributed by atoms with Crippen LogP contribution in [0.15, 0.2) is 5.38 Å². The number of methoxy groups -OCH3 is 2. The summed E-state index contributed by atoms with van der Waals surface area (Å²) in [6.45, 7) is 17.1. The number of esters is 1. The Morgan fingerprint density at radius 3 is 2.26 bits per heavy atom. The average Bonchev–Trinajstić information content (AvgIpc) is 3.11. The molecule has 10 heteroatoms. The molecule has 1 aromatic heterocycles. The first-order valence-corrected chi connectivity index (χ1v) is 14.1. The van der Waals surface area contributed by atoms with Crippen molar-refractivity contribution in [1.29, 1.82) is 0 Å². The van der Waals surface area contributed by atoms with Crippen LogP contribution in [0.4, 0.5) is 9.93 Å². The molecule has 1 atom stereocenters. The van der Waals surface area contributed by atoms with Crippen LogP contribution in [0.25, 0.3) is 0 Å². The molecule has 8 nitrogen and oxygen atoms in total. The van der Waals surface area contributed by atoms with Gasteiger partial charge >= 0.3 is 12.1 Å². The Bertz CT molecular complexity index is 739. The van der Waals surface area contributed by atoms with Gasteiger partial charge < -0.3 is 18.6 Å². The van der Waals surface area contributed by atoms with Gasteiger partial charge in [-0.15, -0.1) is 11.3 Å². The number of anilines is 1. The highest BCUT2D eigenvalue weighted by Crippen LogP contribution is 2.36. The summed E-state index contributed by atoms with van der Waals surface area (Å²) in [6.07, 6.45) is -0.199. The van der Waals surface area contributed by atoms with Gasteiger partial charge in [-0.25, -0.2) is 14.6 Å². The van der Waals surface area contributed by atoms with E-state index in [1.807, 2.05) is 0 Å². The lowest BCUT2D eigenvalue weighted by atomic mass is 10.2. The number of hydrogen-bond donors (Lipinski definition) is 0. The molecule has 1 amide bonds. The molecule has 0 bridgehead atoms. The summed E-state index contributed by atoms with van der Waals surface area (Å²) in [5, 5.41) is 2.03. The van der Waals surface area contributed by atoms with Crippen molar-refractivity contribution < 1.29 is 28.2 Å². The molecule has 1 unspecified atom stereocenters. The summed E-state index contributed by atoms with van der Waals surface area (Å²) in [5.41, 5.74) is -0.509. The molecule has 31 heavy (non-hydrogen) atoms. The van der Waals surface area contributed by atoms with Crippen molar-refractivity contribution in [3.05, 3.63) is 11.1 Å². The van der Waals surface area contributed by atoms with E-state index < -0.39 is 26.0 Å². The van der Waals surface area contributed by atoms with Gasteiger partial charge in [-0.1, -0.05) is 20.8 Å². The van der Waals surface area contributed by atoms with Gasteiger partial charge in [0.05, 0.1) is 19.8 Å². The number of hydrogen-bond acceptors (Lipinski definition) is 8. The molecular formula is C21H38N2O6SSi. The van der Waals surface area contributed by atoms with Gasteiger partial charge in [0.2, 0.25) is 0 Å². The minimum atomic E-state index is -1.92. The standard InChI is InChI=1S/C21H38N2O6SSi/c1-20(2,3)29-19(25)23(18-22-16(14-30-18)17(24)27-8)12-11-15(26-7)13-28-31(9,10)21(4,5)6/h14-15H,11-13H2,1-10H3. The van der Waals surface area contributed by atoms with Crippen LogP contribution < -0.4 is 4.90 Å². The van der Waals surface area contributed by atoms with Crippen molar-refractivity contribution in [3.8, 4) is 0 Å². The third kappa shape index (κ3) is 8.51. The van der Waals surface area contributed by atoms with E-state index >= 15 is 0 Å². The van der Waals surface area contributed by atoms with Crippen molar-refractivity contribution in [2.75, 3.05) is 32.3 Å². The molecule has 0 saturated carbocycles. The van der Waals surface area contributed by atoms with Gasteiger partial charge in [-0.05, 0) is 45.3 Å². The quantitative estimate of drug-likeness (QED) is 0.363. The summed E-state index contributed by atoms with van der Waals surface area (Å²) in [7, 11) is 1.01. The second-order valence-electron chi connectivity index (χ2n) is 9.86. The Labute approximate surface area is 191 Å². The first kappa shape index (κ1) is 27.5. The summed E-state index contributed by atoms with van der Waals surface area (Å²) in [6, 6.07) is 0. The lowest BCUT2D eigenvalue weighted by molar-refractivity contribution is 0.0442. The summed E-state index contributed by atoms with van der Waals surface area (Å²) in [5.74, 6) is -0.552. The molecule has 0 fully saturated rings. The van der Waals surface area contributed by atoms with Gasteiger partial charge in [-0.2, -0.15) is 0 Å². The van der Waals surface area contributed by atoms with E-state index in [1.165, 1.54) is 23.3 Å². The molecule has 0 spiro atoms. The number of nitrogens with zero attached hydrogens (tertiary/aromatic N) is 2. The van der Waals surface area contributed by atoms with Crippen LogP contribution in [0.1, 0.15) is 58.5 Å². The topological polar surface area (TPSA) is 87.2 Å². The largest absolute Gasteiger partial charge is 0.464 e. The Kier molecular flexibility index (Phi) is 9.67. The fourth-order valence-corrected chi connectivity index (χ4v) is 4.07. The van der Waals surface area contributed by atoms with E-state index in [0.29, 0.717) is 24.7 Å². The van der Waals surface area contributed by atoms with Gasteiger partial charge in [0, 0.05) is 19.0 Å². The van der Waals surface area contributed by atoms with E-state index in [4.69, 9.17) is 18.6 Å². The predicted molar refractivity (Wildman–Crippen MR) is 126 cm³/mol. The van der Waals surface area contributed by atoms with Gasteiger partial charge in [0.15, 0.2) is 19.1 Å². The fraction of sp³-hybridized carbons (Fsp3) is 0.762. The summed E-state index contributed by atoms with van der Waals surface area (Å²) >= 11 is 1.18. The van der Waals surface area contributed by atoms with Gasteiger partial charge in [0.1, 0.15) is 5.60 Å². The van der Waals surface area contributed by atoms with Crippen molar-refractivity contribution in [2.24, 2.45) is 0 Å². The molecule has 1 rings (SSSR count). The van der Waals surface area contributed by atoms with Crippen LogP contribution in [0.3, 0.4) is 0 Å². The van der Waals surface area contributed by atoms with Crippen molar-refractivity contribution in [3.63, 3.8) is 0 Å². The zero-order valence-corrected chi connectivity index (χ0v) is 22.3. The first-order valence-electron chi connectivity index (χ1n) is 10.3. The zero-order chi connectivity index (χ0) is 24.0. The Hall–Kier alpha value is -1.49. The van der Waals surface area contributed by atoms with E-state index in [0.717, 1.165) is 0 Å². The highest BCUT2D eigenvalue weighted by atomic mass is 32.1. The molecule has 0 aliphatic heterocycles. The number of rotatable bonds is 9. The maximum Gasteiger partial charge on any atom is 0.416 e. The molecule has 0 radical (unpaired) electrons. The SMILES string of the molecule is COC(=O)c1csc(N(CCC(CO[Si](C)(C)C(C)(C)C)OC)C(=O)OC(C)(C)C)n1. The second-order valence-corrected chi connectivity index (χ2v) is 15.5. The van der Waals surface area contributed by atoms with Crippen molar-refractivity contribution in [2.45, 2.75) is 77.8 Å². The lowest BCUT2D eigenvalue weighted by Gasteiger charge is -2.37. The van der Waals surface area contributed by atoms with E-state index in [2.05, 4.69) is 38.8 Å². The Balaban J connectivity index is 2.95. The minimum Gasteiger partial charge on any atom is -0.464 e. The van der Waals surface area contributed by atoms with E-state index in [1.54, 1.807) is 33.3 Å². The molecule has 0 aliphatic carbocycles. The lowest BCUT2D eigenvalue weighted by Crippen LogP contribution is -2.43. The van der Waals surface area contributed by atoms with Crippen LogP contribution in [-0.4, -0.2) is 64.4 Å². The van der Waals surface area contributed by atoms with Crippen LogP contribution in [-0.2, 0) is 18.6 Å². The van der Waals surface area contributed by atoms with Crippen LogP contribution in [0.5, 0.6) is 0 Å². The summed E-state index contributed by atoms with van der Waals surface area (Å²) < 4.78 is 22.2. The van der Waals surface area contributed by atoms with Crippen molar-refractivity contribution >= 4 is 36.8 Å². The van der Waals surface area contributed by atoms with Gasteiger partial charge in [-0.3, -0.25) is 4.90 Å². The predicted octanol–water partition coefficient (Wildman–Crippen LogP) is 5.10. The normalized spacial score (nSPS) is 13.6. The molecular weight excluding hydrogens is 436 g/mol. The highest BCUT2D eigenvalue weighted by Gasteiger charge is 2.37.